The van der Waals surface area contributed by atoms with Crippen LogP contribution in [0.4, 0.5) is 0 Å². The molecule has 0 heterocycles. The summed E-state index contributed by atoms with van der Waals surface area (Å²) in [6.45, 7) is 3.30. The van der Waals surface area contributed by atoms with Crippen molar-refractivity contribution < 1.29 is 9.47 Å². The van der Waals surface area contributed by atoms with E-state index in [0.29, 0.717) is 13.2 Å². The Bertz CT molecular complexity index is 520. The molecule has 2 aromatic carbocycles. The lowest BCUT2D eigenvalue weighted by Crippen LogP contribution is -2.08. The Hall–Kier alpha value is -1.48. The van der Waals surface area contributed by atoms with Gasteiger partial charge in [-0.05, 0) is 54.8 Å². The van der Waals surface area contributed by atoms with E-state index in [1.54, 1.807) is 0 Å². The van der Waals surface area contributed by atoms with Crippen LogP contribution in [0.25, 0.3) is 0 Å². The molecule has 0 saturated heterocycles. The van der Waals surface area contributed by atoms with Gasteiger partial charge in [-0.3, -0.25) is 0 Å². The molecule has 0 fully saturated rings. The fourth-order valence-corrected chi connectivity index (χ4v) is 2.25. The van der Waals surface area contributed by atoms with Crippen LogP contribution in [-0.4, -0.2) is 13.2 Å². The molecule has 0 aromatic heterocycles. The van der Waals surface area contributed by atoms with Gasteiger partial charge in [0.15, 0.2) is 0 Å². The fraction of sp³-hybridized carbons (Fsp3) is 0.333. The Labute approximate surface area is 135 Å². The average Bonchev–Trinajstić information content (AvgIpc) is 2.52. The predicted octanol–water partition coefficient (Wildman–Crippen LogP) is 5.25. The summed E-state index contributed by atoms with van der Waals surface area (Å²) in [6, 6.07) is 16.1. The molecule has 0 bridgehead atoms. The number of hydrogen-bond donors (Lipinski definition) is 0. The third kappa shape index (κ3) is 5.80. The van der Waals surface area contributed by atoms with Gasteiger partial charge in [-0.2, -0.15) is 0 Å². The molecule has 0 saturated carbocycles. The van der Waals surface area contributed by atoms with Gasteiger partial charge in [0.2, 0.25) is 0 Å². The van der Waals surface area contributed by atoms with E-state index in [1.165, 1.54) is 18.4 Å². The third-order valence-corrected chi connectivity index (χ3v) is 3.71. The molecule has 3 heteroatoms. The van der Waals surface area contributed by atoms with Gasteiger partial charge < -0.3 is 9.47 Å². The molecule has 2 nitrogen and oxygen atoms in total. The smallest absolute Gasteiger partial charge is 0.122 e. The second-order valence-corrected chi connectivity index (χ2v) is 5.81. The first-order chi connectivity index (χ1) is 10.3. The summed E-state index contributed by atoms with van der Waals surface area (Å²) in [7, 11) is 0. The molecular formula is C18H21BrO2. The summed E-state index contributed by atoms with van der Waals surface area (Å²) in [5, 5.41) is 0. The van der Waals surface area contributed by atoms with Crippen molar-refractivity contribution in [3.63, 3.8) is 0 Å². The molecule has 0 aliphatic carbocycles. The maximum absolute atomic E-state index is 5.68. The van der Waals surface area contributed by atoms with Gasteiger partial charge in [0.05, 0.1) is 0 Å². The van der Waals surface area contributed by atoms with E-state index in [9.17, 15) is 0 Å². The highest BCUT2D eigenvalue weighted by Crippen LogP contribution is 2.16. The van der Waals surface area contributed by atoms with Crippen molar-refractivity contribution in [3.8, 4) is 11.5 Å². The highest BCUT2D eigenvalue weighted by molar-refractivity contribution is 9.10. The molecule has 112 valence electrons. The van der Waals surface area contributed by atoms with Gasteiger partial charge >= 0.3 is 0 Å². The first-order valence-electron chi connectivity index (χ1n) is 7.38. The second kappa shape index (κ2) is 8.73. The van der Waals surface area contributed by atoms with E-state index in [1.807, 2.05) is 36.4 Å². The molecule has 0 aliphatic heterocycles. The van der Waals surface area contributed by atoms with Crippen LogP contribution < -0.4 is 9.47 Å². The lowest BCUT2D eigenvalue weighted by Gasteiger charge is -2.09. The van der Waals surface area contributed by atoms with Gasteiger partial charge in [0.25, 0.3) is 0 Å². The van der Waals surface area contributed by atoms with Gasteiger partial charge in [0, 0.05) is 4.47 Å². The number of benzene rings is 2. The predicted molar refractivity (Wildman–Crippen MR) is 90.2 cm³/mol. The van der Waals surface area contributed by atoms with Crippen molar-refractivity contribution in [2.75, 3.05) is 13.2 Å². The third-order valence-electron chi connectivity index (χ3n) is 3.18. The number of hydrogen-bond acceptors (Lipinski definition) is 2. The molecule has 0 radical (unpaired) electrons. The first kappa shape index (κ1) is 15.9. The maximum atomic E-state index is 5.68. The molecule has 0 unspecified atom stereocenters. The van der Waals surface area contributed by atoms with Gasteiger partial charge in [-0.1, -0.05) is 41.4 Å². The number of rotatable bonds is 8. The topological polar surface area (TPSA) is 18.5 Å². The van der Waals surface area contributed by atoms with Crippen LogP contribution in [0.2, 0.25) is 0 Å². The average molecular weight is 349 g/mol. The van der Waals surface area contributed by atoms with Crippen LogP contribution in [-0.2, 0) is 6.42 Å². The Kier molecular flexibility index (Phi) is 6.61. The van der Waals surface area contributed by atoms with Crippen molar-refractivity contribution in [2.24, 2.45) is 0 Å². The van der Waals surface area contributed by atoms with Crippen molar-refractivity contribution in [2.45, 2.75) is 26.2 Å². The van der Waals surface area contributed by atoms with Gasteiger partial charge in [0.1, 0.15) is 24.7 Å². The SMILES string of the molecule is CCCCc1ccc(OCCOc2ccc(Br)cc2)cc1. The van der Waals surface area contributed by atoms with Crippen molar-refractivity contribution in [1.82, 2.24) is 0 Å². The minimum atomic E-state index is 0.541. The molecule has 21 heavy (non-hydrogen) atoms. The normalized spacial score (nSPS) is 10.4. The van der Waals surface area contributed by atoms with E-state index < -0.39 is 0 Å². The van der Waals surface area contributed by atoms with Gasteiger partial charge in [-0.15, -0.1) is 0 Å². The highest BCUT2D eigenvalue weighted by Gasteiger charge is 1.97. The number of ether oxygens (including phenoxy) is 2. The van der Waals surface area contributed by atoms with E-state index in [4.69, 9.17) is 9.47 Å². The van der Waals surface area contributed by atoms with Crippen LogP contribution in [0, 0.1) is 0 Å². The van der Waals surface area contributed by atoms with E-state index >= 15 is 0 Å². The fourth-order valence-electron chi connectivity index (χ4n) is 1.98. The molecule has 2 rings (SSSR count). The van der Waals surface area contributed by atoms with Crippen LogP contribution >= 0.6 is 15.9 Å². The van der Waals surface area contributed by atoms with Gasteiger partial charge in [-0.25, -0.2) is 0 Å². The molecule has 0 amide bonds. The number of halogens is 1. The Morgan fingerprint density at radius 3 is 1.86 bits per heavy atom. The molecule has 2 aromatic rings. The highest BCUT2D eigenvalue weighted by atomic mass is 79.9. The zero-order chi connectivity index (χ0) is 14.9. The maximum Gasteiger partial charge on any atom is 0.122 e. The zero-order valence-electron chi connectivity index (χ0n) is 12.3. The van der Waals surface area contributed by atoms with Crippen LogP contribution in [0.15, 0.2) is 53.0 Å². The second-order valence-electron chi connectivity index (χ2n) is 4.90. The number of unbranched alkanes of at least 4 members (excludes halogenated alkanes) is 1. The lowest BCUT2D eigenvalue weighted by atomic mass is 10.1. The Morgan fingerprint density at radius 2 is 1.33 bits per heavy atom. The zero-order valence-corrected chi connectivity index (χ0v) is 13.9. The molecule has 0 N–H and O–H groups in total. The van der Waals surface area contributed by atoms with Crippen molar-refractivity contribution in [3.05, 3.63) is 58.6 Å². The summed E-state index contributed by atoms with van der Waals surface area (Å²) in [5.74, 6) is 1.76. The van der Waals surface area contributed by atoms with Crippen LogP contribution in [0.1, 0.15) is 25.3 Å². The summed E-state index contributed by atoms with van der Waals surface area (Å²) in [6.07, 6.45) is 3.61. The largest absolute Gasteiger partial charge is 0.490 e. The Balaban J connectivity index is 1.69. The monoisotopic (exact) mass is 348 g/mol. The minimum absolute atomic E-state index is 0.541. The molecule has 0 spiro atoms. The van der Waals surface area contributed by atoms with Crippen molar-refractivity contribution in [1.29, 1.82) is 0 Å². The lowest BCUT2D eigenvalue weighted by molar-refractivity contribution is 0.217. The molecule has 0 atom stereocenters. The van der Waals surface area contributed by atoms with E-state index in [2.05, 4.69) is 35.0 Å². The summed E-state index contributed by atoms with van der Waals surface area (Å²) < 4.78 is 12.3. The van der Waals surface area contributed by atoms with E-state index in [-0.39, 0.29) is 0 Å². The Morgan fingerprint density at radius 1 is 0.810 bits per heavy atom. The summed E-state index contributed by atoms with van der Waals surface area (Å²) in [5.41, 5.74) is 1.37. The summed E-state index contributed by atoms with van der Waals surface area (Å²) >= 11 is 3.40. The number of aryl methyl sites for hydroxylation is 1. The van der Waals surface area contributed by atoms with E-state index in [0.717, 1.165) is 22.4 Å². The summed E-state index contributed by atoms with van der Waals surface area (Å²) in [4.78, 5) is 0. The first-order valence-corrected chi connectivity index (χ1v) is 8.17. The molecular weight excluding hydrogens is 328 g/mol. The van der Waals surface area contributed by atoms with Crippen molar-refractivity contribution >= 4 is 15.9 Å². The minimum Gasteiger partial charge on any atom is -0.490 e. The quantitative estimate of drug-likeness (QED) is 0.606. The molecule has 0 aliphatic rings. The van der Waals surface area contributed by atoms with Crippen LogP contribution in [0.3, 0.4) is 0 Å². The standard InChI is InChI=1S/C18H21BrO2/c1-2-3-4-15-5-9-17(10-6-15)20-13-14-21-18-11-7-16(19)8-12-18/h5-12H,2-4,13-14H2,1H3. The van der Waals surface area contributed by atoms with Crippen LogP contribution in [0.5, 0.6) is 11.5 Å².